The van der Waals surface area contributed by atoms with Crippen LogP contribution in [0.5, 0.6) is 0 Å². The molecule has 0 spiro atoms. The van der Waals surface area contributed by atoms with E-state index in [1.165, 1.54) is 42.2 Å². The molecular weight excluding hydrogens is 328 g/mol. The Kier molecular flexibility index (Phi) is 5.83. The van der Waals surface area contributed by atoms with E-state index in [-0.39, 0.29) is 18.0 Å². The zero-order chi connectivity index (χ0) is 18.5. The number of aryl methyl sites for hydroxylation is 2. The van der Waals surface area contributed by atoms with E-state index in [0.29, 0.717) is 6.54 Å². The van der Waals surface area contributed by atoms with Gasteiger partial charge in [0, 0.05) is 19.2 Å². The van der Waals surface area contributed by atoms with Crippen molar-refractivity contribution in [1.82, 2.24) is 20.0 Å². The third-order valence-electron chi connectivity index (χ3n) is 4.82. The van der Waals surface area contributed by atoms with E-state index in [1.807, 2.05) is 26.0 Å². The first-order chi connectivity index (χ1) is 12.5. The molecule has 1 fully saturated rings. The van der Waals surface area contributed by atoms with Gasteiger partial charge in [0.2, 0.25) is 5.91 Å². The van der Waals surface area contributed by atoms with Gasteiger partial charge in [-0.15, -0.1) is 0 Å². The molecule has 0 atom stereocenters. The number of hydrogen-bond acceptors (Lipinski definition) is 4. The number of hydrogen-bond donors (Lipinski definition) is 1. The van der Waals surface area contributed by atoms with Crippen LogP contribution < -0.4 is 10.9 Å². The highest BCUT2D eigenvalue weighted by Crippen LogP contribution is 2.13. The van der Waals surface area contributed by atoms with Gasteiger partial charge in [-0.2, -0.15) is 5.10 Å². The van der Waals surface area contributed by atoms with Crippen molar-refractivity contribution >= 4 is 5.91 Å². The normalized spacial score (nSPS) is 14.5. The molecular formula is C20H26N4O2. The van der Waals surface area contributed by atoms with Crippen molar-refractivity contribution < 1.29 is 4.79 Å². The molecule has 1 saturated heterocycles. The number of rotatable bonds is 6. The molecule has 1 N–H and O–H groups in total. The SMILES string of the molecule is Cc1cc(=O)n(CC(=O)NCc2cccc(CN3CCCC3)c2)nc1C. The van der Waals surface area contributed by atoms with Crippen molar-refractivity contribution in [3.05, 3.63) is 63.1 Å². The fourth-order valence-corrected chi connectivity index (χ4v) is 3.22. The van der Waals surface area contributed by atoms with E-state index in [0.717, 1.165) is 23.4 Å². The standard InChI is InChI=1S/C20H26N4O2/c1-15-10-20(26)24(22-16(15)2)14-19(25)21-12-17-6-5-7-18(11-17)13-23-8-3-4-9-23/h5-7,10-11H,3-4,8-9,12-14H2,1-2H3,(H,21,25). The molecule has 1 aromatic heterocycles. The Morgan fingerprint density at radius 1 is 1.15 bits per heavy atom. The van der Waals surface area contributed by atoms with Gasteiger partial charge in [-0.1, -0.05) is 24.3 Å². The molecule has 2 heterocycles. The Hall–Kier alpha value is -2.47. The van der Waals surface area contributed by atoms with Crippen LogP contribution in [0.2, 0.25) is 0 Å². The summed E-state index contributed by atoms with van der Waals surface area (Å²) in [5.74, 6) is -0.215. The topological polar surface area (TPSA) is 67.2 Å². The van der Waals surface area contributed by atoms with Crippen molar-refractivity contribution in [2.45, 2.75) is 46.3 Å². The maximum absolute atomic E-state index is 12.2. The predicted molar refractivity (Wildman–Crippen MR) is 101 cm³/mol. The molecule has 0 saturated carbocycles. The van der Waals surface area contributed by atoms with Gasteiger partial charge in [0.05, 0.1) is 5.69 Å². The van der Waals surface area contributed by atoms with Crippen LogP contribution in [0.3, 0.4) is 0 Å². The Bertz CT molecular complexity index is 838. The summed E-state index contributed by atoms with van der Waals surface area (Å²) in [6, 6.07) is 9.81. The lowest BCUT2D eigenvalue weighted by atomic mass is 10.1. The van der Waals surface area contributed by atoms with Crippen molar-refractivity contribution in [3.8, 4) is 0 Å². The van der Waals surface area contributed by atoms with Crippen LogP contribution >= 0.6 is 0 Å². The van der Waals surface area contributed by atoms with Gasteiger partial charge in [0.15, 0.2) is 0 Å². The van der Waals surface area contributed by atoms with Crippen LogP contribution in [-0.4, -0.2) is 33.7 Å². The highest BCUT2D eigenvalue weighted by atomic mass is 16.2. The lowest BCUT2D eigenvalue weighted by Crippen LogP contribution is -2.33. The Morgan fingerprint density at radius 3 is 2.65 bits per heavy atom. The molecule has 3 rings (SSSR count). The summed E-state index contributed by atoms with van der Waals surface area (Å²) < 4.78 is 1.21. The third kappa shape index (κ3) is 4.79. The van der Waals surface area contributed by atoms with Gasteiger partial charge in [-0.25, -0.2) is 4.68 Å². The lowest BCUT2D eigenvalue weighted by molar-refractivity contribution is -0.122. The third-order valence-corrected chi connectivity index (χ3v) is 4.82. The quantitative estimate of drug-likeness (QED) is 0.859. The largest absolute Gasteiger partial charge is 0.350 e. The highest BCUT2D eigenvalue weighted by molar-refractivity contribution is 5.75. The number of carbonyl (C=O) groups is 1. The lowest BCUT2D eigenvalue weighted by Gasteiger charge is -2.15. The second kappa shape index (κ2) is 8.27. The van der Waals surface area contributed by atoms with Crippen LogP contribution in [0.4, 0.5) is 0 Å². The molecule has 1 aliphatic heterocycles. The smallest absolute Gasteiger partial charge is 0.267 e. The van der Waals surface area contributed by atoms with E-state index < -0.39 is 0 Å². The second-order valence-electron chi connectivity index (χ2n) is 6.99. The van der Waals surface area contributed by atoms with Crippen LogP contribution in [0.25, 0.3) is 0 Å². The summed E-state index contributed by atoms with van der Waals surface area (Å²) in [6.45, 7) is 7.35. The molecule has 0 radical (unpaired) electrons. The summed E-state index contributed by atoms with van der Waals surface area (Å²) in [4.78, 5) is 26.6. The van der Waals surface area contributed by atoms with Gasteiger partial charge in [-0.3, -0.25) is 14.5 Å². The average molecular weight is 354 g/mol. The van der Waals surface area contributed by atoms with Gasteiger partial charge in [0.1, 0.15) is 6.54 Å². The summed E-state index contributed by atoms with van der Waals surface area (Å²) >= 11 is 0. The average Bonchev–Trinajstić information content (AvgIpc) is 3.11. The first kappa shape index (κ1) is 18.3. The maximum atomic E-state index is 12.2. The molecule has 1 aliphatic rings. The molecule has 6 heteroatoms. The zero-order valence-corrected chi connectivity index (χ0v) is 15.5. The number of amides is 1. The molecule has 1 amide bonds. The minimum Gasteiger partial charge on any atom is -0.350 e. The van der Waals surface area contributed by atoms with Crippen molar-refractivity contribution in [2.24, 2.45) is 0 Å². The fraction of sp³-hybridized carbons (Fsp3) is 0.450. The van der Waals surface area contributed by atoms with E-state index >= 15 is 0 Å². The van der Waals surface area contributed by atoms with Crippen molar-refractivity contribution in [1.29, 1.82) is 0 Å². The zero-order valence-electron chi connectivity index (χ0n) is 15.5. The fourth-order valence-electron chi connectivity index (χ4n) is 3.22. The van der Waals surface area contributed by atoms with Crippen LogP contribution in [0.15, 0.2) is 35.1 Å². The predicted octanol–water partition coefficient (Wildman–Crippen LogP) is 1.77. The molecule has 0 aliphatic carbocycles. The Morgan fingerprint density at radius 2 is 1.88 bits per heavy atom. The first-order valence-electron chi connectivity index (χ1n) is 9.13. The van der Waals surface area contributed by atoms with Gasteiger partial charge >= 0.3 is 0 Å². The number of benzene rings is 1. The Labute approximate surface area is 153 Å². The van der Waals surface area contributed by atoms with E-state index in [2.05, 4.69) is 27.4 Å². The second-order valence-corrected chi connectivity index (χ2v) is 6.99. The van der Waals surface area contributed by atoms with E-state index in [9.17, 15) is 9.59 Å². The molecule has 0 unspecified atom stereocenters. The van der Waals surface area contributed by atoms with E-state index in [1.54, 1.807) is 0 Å². The minimum absolute atomic E-state index is 0.0621. The van der Waals surface area contributed by atoms with Crippen molar-refractivity contribution in [2.75, 3.05) is 13.1 Å². The highest BCUT2D eigenvalue weighted by Gasteiger charge is 2.12. The molecule has 6 nitrogen and oxygen atoms in total. The number of nitrogens with zero attached hydrogens (tertiary/aromatic N) is 3. The molecule has 26 heavy (non-hydrogen) atoms. The summed E-state index contributed by atoms with van der Waals surface area (Å²) in [5, 5.41) is 7.05. The minimum atomic E-state index is -0.254. The molecule has 0 bridgehead atoms. The number of aromatic nitrogens is 2. The van der Waals surface area contributed by atoms with Crippen molar-refractivity contribution in [3.63, 3.8) is 0 Å². The summed E-state index contributed by atoms with van der Waals surface area (Å²) in [5.41, 5.74) is 3.67. The monoisotopic (exact) mass is 354 g/mol. The molecule has 138 valence electrons. The van der Waals surface area contributed by atoms with Gasteiger partial charge < -0.3 is 5.32 Å². The van der Waals surface area contributed by atoms with E-state index in [4.69, 9.17) is 0 Å². The van der Waals surface area contributed by atoms with Crippen LogP contribution in [0.1, 0.15) is 35.2 Å². The molecule has 1 aromatic carbocycles. The van der Waals surface area contributed by atoms with Gasteiger partial charge in [-0.05, 0) is 56.5 Å². The van der Waals surface area contributed by atoms with Crippen LogP contribution in [-0.2, 0) is 24.4 Å². The summed E-state index contributed by atoms with van der Waals surface area (Å²) in [7, 11) is 0. The molecule has 2 aromatic rings. The number of likely N-dealkylation sites (tertiary alicyclic amines) is 1. The number of carbonyl (C=O) groups excluding carboxylic acids is 1. The summed E-state index contributed by atoms with van der Waals surface area (Å²) in [6.07, 6.45) is 2.56. The first-order valence-corrected chi connectivity index (χ1v) is 9.13. The van der Waals surface area contributed by atoms with Gasteiger partial charge in [0.25, 0.3) is 5.56 Å². The van der Waals surface area contributed by atoms with Crippen LogP contribution in [0, 0.1) is 13.8 Å². The number of nitrogens with one attached hydrogen (secondary N) is 1. The maximum Gasteiger partial charge on any atom is 0.267 e. The Balaban J connectivity index is 1.56.